The summed E-state index contributed by atoms with van der Waals surface area (Å²) in [5.41, 5.74) is 1.70. The van der Waals surface area contributed by atoms with Crippen molar-refractivity contribution >= 4 is 37.3 Å². The number of aromatic amines is 1. The number of aromatic nitrogens is 2. The molecule has 0 saturated carbocycles. The van der Waals surface area contributed by atoms with Crippen LogP contribution in [0, 0.1) is 6.92 Å². The molecule has 5 nitrogen and oxygen atoms in total. The predicted octanol–water partition coefficient (Wildman–Crippen LogP) is 2.02. The summed E-state index contributed by atoms with van der Waals surface area (Å²) in [4.78, 5) is 0. The monoisotopic (exact) mass is 335 g/mol. The van der Waals surface area contributed by atoms with E-state index < -0.39 is 10.0 Å². The molecule has 2 aromatic heterocycles. The SMILES string of the molecule is Cc1[nH]ncc1CNS(=O)(=O)c1ccc(Br)s1. The van der Waals surface area contributed by atoms with E-state index in [1.54, 1.807) is 18.3 Å². The van der Waals surface area contributed by atoms with Gasteiger partial charge in [-0.3, -0.25) is 5.10 Å². The van der Waals surface area contributed by atoms with Crippen molar-refractivity contribution in [3.63, 3.8) is 0 Å². The van der Waals surface area contributed by atoms with E-state index in [0.717, 1.165) is 15.0 Å². The second kappa shape index (κ2) is 4.89. The Bertz CT molecular complexity index is 618. The van der Waals surface area contributed by atoms with Crippen LogP contribution in [0.5, 0.6) is 0 Å². The molecule has 0 fully saturated rings. The normalized spacial score (nSPS) is 11.9. The van der Waals surface area contributed by atoms with Crippen LogP contribution in [0.15, 0.2) is 26.3 Å². The highest BCUT2D eigenvalue weighted by Crippen LogP contribution is 2.25. The van der Waals surface area contributed by atoms with Crippen molar-refractivity contribution in [1.82, 2.24) is 14.9 Å². The van der Waals surface area contributed by atoms with Gasteiger partial charge >= 0.3 is 0 Å². The summed E-state index contributed by atoms with van der Waals surface area (Å²) >= 11 is 4.42. The first-order valence-corrected chi connectivity index (χ1v) is 7.82. The molecular weight excluding hydrogens is 326 g/mol. The van der Waals surface area contributed by atoms with Gasteiger partial charge in [-0.2, -0.15) is 5.10 Å². The summed E-state index contributed by atoms with van der Waals surface area (Å²) in [7, 11) is -3.44. The van der Waals surface area contributed by atoms with Gasteiger partial charge in [-0.25, -0.2) is 13.1 Å². The fourth-order valence-electron chi connectivity index (χ4n) is 1.24. The molecule has 0 atom stereocenters. The van der Waals surface area contributed by atoms with Gasteiger partial charge in [0, 0.05) is 17.8 Å². The molecule has 8 heteroatoms. The van der Waals surface area contributed by atoms with E-state index in [2.05, 4.69) is 30.8 Å². The summed E-state index contributed by atoms with van der Waals surface area (Å²) in [6, 6.07) is 3.28. The maximum absolute atomic E-state index is 11.9. The average molecular weight is 336 g/mol. The molecule has 2 rings (SSSR count). The van der Waals surface area contributed by atoms with Crippen LogP contribution in [0.2, 0.25) is 0 Å². The van der Waals surface area contributed by atoms with Crippen LogP contribution in [0.1, 0.15) is 11.3 Å². The Morgan fingerprint density at radius 1 is 1.53 bits per heavy atom. The Morgan fingerprint density at radius 3 is 2.82 bits per heavy atom. The van der Waals surface area contributed by atoms with E-state index in [9.17, 15) is 8.42 Å². The van der Waals surface area contributed by atoms with E-state index in [4.69, 9.17) is 0 Å². The minimum Gasteiger partial charge on any atom is -0.283 e. The van der Waals surface area contributed by atoms with Crippen molar-refractivity contribution in [2.45, 2.75) is 17.7 Å². The van der Waals surface area contributed by atoms with Crippen LogP contribution < -0.4 is 4.72 Å². The standard InChI is InChI=1S/C9H10BrN3O2S2/c1-6-7(4-11-13-6)5-12-17(14,15)9-3-2-8(10)16-9/h2-4,12H,5H2,1H3,(H,11,13). The first-order chi connectivity index (χ1) is 7.99. The highest BCUT2D eigenvalue weighted by molar-refractivity contribution is 9.11. The average Bonchev–Trinajstić information content (AvgIpc) is 2.85. The molecule has 17 heavy (non-hydrogen) atoms. The maximum Gasteiger partial charge on any atom is 0.250 e. The Morgan fingerprint density at radius 2 is 2.29 bits per heavy atom. The van der Waals surface area contributed by atoms with Crippen molar-refractivity contribution in [3.8, 4) is 0 Å². The molecule has 2 heterocycles. The fourth-order valence-corrected chi connectivity index (χ4v) is 4.30. The third-order valence-corrected chi connectivity index (χ3v) is 5.72. The molecule has 0 amide bonds. The molecule has 0 radical (unpaired) electrons. The molecule has 2 aromatic rings. The molecule has 0 aliphatic rings. The highest BCUT2D eigenvalue weighted by atomic mass is 79.9. The number of hydrogen-bond acceptors (Lipinski definition) is 4. The zero-order chi connectivity index (χ0) is 12.5. The Labute approximate surface area is 111 Å². The Balaban J connectivity index is 2.11. The number of nitrogens with one attached hydrogen (secondary N) is 2. The van der Waals surface area contributed by atoms with Crippen LogP contribution in [0.4, 0.5) is 0 Å². The van der Waals surface area contributed by atoms with Crippen molar-refractivity contribution in [2.75, 3.05) is 0 Å². The number of nitrogens with zero attached hydrogens (tertiary/aromatic N) is 1. The summed E-state index contributed by atoms with van der Waals surface area (Å²) in [5, 5.41) is 6.59. The van der Waals surface area contributed by atoms with Gasteiger partial charge < -0.3 is 0 Å². The number of halogens is 1. The first-order valence-electron chi connectivity index (χ1n) is 4.73. The number of thiophene rings is 1. The Hall–Kier alpha value is -0.700. The third-order valence-electron chi connectivity index (χ3n) is 2.20. The number of rotatable bonds is 4. The lowest BCUT2D eigenvalue weighted by molar-refractivity contribution is 0.583. The molecule has 0 saturated heterocycles. The lowest BCUT2D eigenvalue weighted by Gasteiger charge is -2.03. The molecule has 0 bridgehead atoms. The summed E-state index contributed by atoms with van der Waals surface area (Å²) in [6.07, 6.45) is 1.61. The van der Waals surface area contributed by atoms with Gasteiger partial charge in [0.25, 0.3) is 0 Å². The van der Waals surface area contributed by atoms with Gasteiger partial charge in [-0.1, -0.05) is 0 Å². The molecule has 2 N–H and O–H groups in total. The molecule has 0 aromatic carbocycles. The quantitative estimate of drug-likeness (QED) is 0.897. The molecule has 0 aliphatic heterocycles. The summed E-state index contributed by atoms with van der Waals surface area (Å²) in [5.74, 6) is 0. The number of H-pyrrole nitrogens is 1. The summed E-state index contributed by atoms with van der Waals surface area (Å²) in [6.45, 7) is 2.08. The lowest BCUT2D eigenvalue weighted by Crippen LogP contribution is -2.22. The third kappa shape index (κ3) is 2.95. The van der Waals surface area contributed by atoms with E-state index in [-0.39, 0.29) is 6.54 Å². The predicted molar refractivity (Wildman–Crippen MR) is 69.4 cm³/mol. The van der Waals surface area contributed by atoms with Gasteiger partial charge in [0.05, 0.1) is 9.98 Å². The van der Waals surface area contributed by atoms with E-state index in [1.165, 1.54) is 11.3 Å². The van der Waals surface area contributed by atoms with Crippen molar-refractivity contribution in [2.24, 2.45) is 0 Å². The van der Waals surface area contributed by atoms with Gasteiger partial charge in [0.1, 0.15) is 4.21 Å². The van der Waals surface area contributed by atoms with Gasteiger partial charge in [0.15, 0.2) is 0 Å². The van der Waals surface area contributed by atoms with Gasteiger partial charge in [0.2, 0.25) is 10.0 Å². The Kier molecular flexibility index (Phi) is 3.67. The second-order valence-corrected chi connectivity index (χ2v) is 7.86. The minimum atomic E-state index is -3.44. The van der Waals surface area contributed by atoms with Crippen molar-refractivity contribution < 1.29 is 8.42 Å². The van der Waals surface area contributed by atoms with Crippen molar-refractivity contribution in [1.29, 1.82) is 0 Å². The van der Waals surface area contributed by atoms with Gasteiger partial charge in [-0.05, 0) is 35.0 Å². The number of sulfonamides is 1. The van der Waals surface area contributed by atoms with Crippen LogP contribution in [0.25, 0.3) is 0 Å². The smallest absolute Gasteiger partial charge is 0.250 e. The lowest BCUT2D eigenvalue weighted by atomic mass is 10.3. The molecule has 0 spiro atoms. The zero-order valence-electron chi connectivity index (χ0n) is 8.90. The van der Waals surface area contributed by atoms with Crippen molar-refractivity contribution in [3.05, 3.63) is 33.4 Å². The van der Waals surface area contributed by atoms with Crippen LogP contribution >= 0.6 is 27.3 Å². The van der Waals surface area contributed by atoms with Crippen LogP contribution in [-0.4, -0.2) is 18.6 Å². The number of hydrogen-bond donors (Lipinski definition) is 2. The number of aryl methyl sites for hydroxylation is 1. The largest absolute Gasteiger partial charge is 0.283 e. The molecular formula is C9H10BrN3O2S2. The molecule has 0 unspecified atom stereocenters. The van der Waals surface area contributed by atoms with Gasteiger partial charge in [-0.15, -0.1) is 11.3 Å². The zero-order valence-corrected chi connectivity index (χ0v) is 12.1. The van der Waals surface area contributed by atoms with Crippen LogP contribution in [-0.2, 0) is 16.6 Å². The van der Waals surface area contributed by atoms with Crippen LogP contribution in [0.3, 0.4) is 0 Å². The maximum atomic E-state index is 11.9. The summed E-state index contributed by atoms with van der Waals surface area (Å²) < 4.78 is 27.4. The minimum absolute atomic E-state index is 0.236. The fraction of sp³-hybridized carbons (Fsp3) is 0.222. The van der Waals surface area contributed by atoms with E-state index >= 15 is 0 Å². The van der Waals surface area contributed by atoms with E-state index in [1.807, 2.05) is 6.92 Å². The second-order valence-electron chi connectivity index (χ2n) is 3.40. The molecule has 0 aliphatic carbocycles. The highest BCUT2D eigenvalue weighted by Gasteiger charge is 2.16. The molecule has 92 valence electrons. The first kappa shape index (κ1) is 12.7. The topological polar surface area (TPSA) is 74.8 Å². The van der Waals surface area contributed by atoms with E-state index in [0.29, 0.717) is 4.21 Å².